The summed E-state index contributed by atoms with van der Waals surface area (Å²) >= 11 is 0. The van der Waals surface area contributed by atoms with E-state index in [1.165, 1.54) is 13.0 Å². The van der Waals surface area contributed by atoms with Gasteiger partial charge in [-0.25, -0.2) is 8.42 Å². The first kappa shape index (κ1) is 21.0. The number of carbonyl (C=O) groups is 1. The van der Waals surface area contributed by atoms with E-state index < -0.39 is 10.0 Å². The van der Waals surface area contributed by atoms with E-state index in [2.05, 4.69) is 4.72 Å². The van der Waals surface area contributed by atoms with E-state index in [1.54, 1.807) is 41.3 Å². The van der Waals surface area contributed by atoms with Crippen LogP contribution in [0, 0.1) is 0 Å². The molecule has 6 nitrogen and oxygen atoms in total. The molecule has 1 aliphatic rings. The van der Waals surface area contributed by atoms with Crippen molar-refractivity contribution in [2.75, 3.05) is 16.2 Å². The van der Waals surface area contributed by atoms with Crippen molar-refractivity contribution in [3.8, 4) is 11.5 Å². The number of carbonyl (C=O) groups excluding carboxylic acids is 1. The van der Waals surface area contributed by atoms with Gasteiger partial charge in [-0.15, -0.1) is 0 Å². The lowest BCUT2D eigenvalue weighted by atomic mass is 10.1. The number of benzene rings is 4. The van der Waals surface area contributed by atoms with Crippen LogP contribution in [-0.2, 0) is 21.2 Å². The van der Waals surface area contributed by atoms with Crippen molar-refractivity contribution in [2.45, 2.75) is 18.2 Å². The number of fused-ring (bicyclic) bond motifs is 2. The molecule has 0 fully saturated rings. The molecule has 0 aromatic heterocycles. The quantitative estimate of drug-likeness (QED) is 0.438. The number of ether oxygens (including phenoxy) is 1. The van der Waals surface area contributed by atoms with Gasteiger partial charge in [0.1, 0.15) is 11.5 Å². The maximum Gasteiger partial charge on any atom is 0.261 e. The zero-order valence-electron chi connectivity index (χ0n) is 18.0. The maximum absolute atomic E-state index is 12.9. The summed E-state index contributed by atoms with van der Waals surface area (Å²) in [7, 11) is -3.76. The summed E-state index contributed by atoms with van der Waals surface area (Å²) in [6.45, 7) is 2.08. The van der Waals surface area contributed by atoms with E-state index in [0.29, 0.717) is 30.2 Å². The summed E-state index contributed by atoms with van der Waals surface area (Å²) in [5.74, 6) is 1.27. The Morgan fingerprint density at radius 3 is 2.36 bits per heavy atom. The fourth-order valence-electron chi connectivity index (χ4n) is 4.04. The van der Waals surface area contributed by atoms with Crippen LogP contribution in [0.3, 0.4) is 0 Å². The van der Waals surface area contributed by atoms with Crippen molar-refractivity contribution in [3.63, 3.8) is 0 Å². The smallest absolute Gasteiger partial charge is 0.261 e. The average molecular weight is 459 g/mol. The predicted molar refractivity (Wildman–Crippen MR) is 129 cm³/mol. The molecule has 1 amide bonds. The van der Waals surface area contributed by atoms with Crippen LogP contribution in [0.4, 0.5) is 11.4 Å². The molecule has 0 spiro atoms. The van der Waals surface area contributed by atoms with Gasteiger partial charge in [0.25, 0.3) is 10.0 Å². The second-order valence-corrected chi connectivity index (χ2v) is 9.63. The van der Waals surface area contributed by atoms with Crippen LogP contribution in [0.2, 0.25) is 0 Å². The number of rotatable bonds is 5. The average Bonchev–Trinajstić information content (AvgIpc) is 3.24. The number of hydrogen-bond donors (Lipinski definition) is 1. The molecule has 33 heavy (non-hydrogen) atoms. The standard InChI is InChI=1S/C26H22N2O4S/c1-18(29)28-15-14-21-17-25(12-13-26(21)28)33(30,31)27-22-7-10-23(11-8-22)32-24-9-6-19-4-2-3-5-20(19)16-24/h2-13,16-17,27H,14-15H2,1H3. The Kier molecular flexibility index (Phi) is 5.26. The summed E-state index contributed by atoms with van der Waals surface area (Å²) in [6.07, 6.45) is 0.638. The van der Waals surface area contributed by atoms with Gasteiger partial charge in [-0.1, -0.05) is 30.3 Å². The van der Waals surface area contributed by atoms with Crippen LogP contribution < -0.4 is 14.4 Å². The lowest BCUT2D eigenvalue weighted by Crippen LogP contribution is -2.25. The Balaban J connectivity index is 1.31. The van der Waals surface area contributed by atoms with Gasteiger partial charge in [-0.05, 0) is 77.4 Å². The van der Waals surface area contributed by atoms with Gasteiger partial charge in [0.05, 0.1) is 4.90 Å². The Morgan fingerprint density at radius 2 is 1.61 bits per heavy atom. The number of nitrogens with one attached hydrogen (secondary N) is 1. The number of hydrogen-bond acceptors (Lipinski definition) is 4. The zero-order chi connectivity index (χ0) is 23.0. The van der Waals surface area contributed by atoms with Crippen molar-refractivity contribution in [3.05, 3.63) is 90.5 Å². The molecule has 1 heterocycles. The second kappa shape index (κ2) is 8.26. The Labute approximate surface area is 192 Å². The van der Waals surface area contributed by atoms with Crippen LogP contribution in [-0.4, -0.2) is 20.9 Å². The van der Waals surface area contributed by atoms with E-state index >= 15 is 0 Å². The van der Waals surface area contributed by atoms with Crippen LogP contribution in [0.1, 0.15) is 12.5 Å². The molecule has 1 N–H and O–H groups in total. The van der Waals surface area contributed by atoms with Gasteiger partial charge in [0, 0.05) is 24.8 Å². The molecule has 4 aromatic carbocycles. The van der Waals surface area contributed by atoms with Crippen molar-refractivity contribution < 1.29 is 17.9 Å². The van der Waals surface area contributed by atoms with Gasteiger partial charge >= 0.3 is 0 Å². The minimum atomic E-state index is -3.76. The highest BCUT2D eigenvalue weighted by Crippen LogP contribution is 2.31. The summed E-state index contributed by atoms with van der Waals surface area (Å²) in [4.78, 5) is 13.5. The zero-order valence-corrected chi connectivity index (χ0v) is 18.8. The fourth-order valence-corrected chi connectivity index (χ4v) is 5.15. The lowest BCUT2D eigenvalue weighted by Gasteiger charge is -2.15. The van der Waals surface area contributed by atoms with Gasteiger partial charge < -0.3 is 9.64 Å². The highest BCUT2D eigenvalue weighted by Gasteiger charge is 2.24. The van der Waals surface area contributed by atoms with E-state index in [9.17, 15) is 13.2 Å². The number of sulfonamides is 1. The molecule has 4 aromatic rings. The molecule has 7 heteroatoms. The Bertz CT molecular complexity index is 1460. The molecular weight excluding hydrogens is 436 g/mol. The molecule has 166 valence electrons. The number of nitrogens with zero attached hydrogens (tertiary/aromatic N) is 1. The largest absolute Gasteiger partial charge is 0.457 e. The van der Waals surface area contributed by atoms with Gasteiger partial charge in [-0.2, -0.15) is 0 Å². The summed E-state index contributed by atoms with van der Waals surface area (Å²) in [5, 5.41) is 2.22. The third-order valence-electron chi connectivity index (χ3n) is 5.70. The fraction of sp³-hybridized carbons (Fsp3) is 0.115. The van der Waals surface area contributed by atoms with E-state index in [0.717, 1.165) is 22.0 Å². The van der Waals surface area contributed by atoms with E-state index in [4.69, 9.17) is 4.74 Å². The second-order valence-electron chi connectivity index (χ2n) is 7.95. The molecule has 0 unspecified atom stereocenters. The first-order valence-corrected chi connectivity index (χ1v) is 12.1. The van der Waals surface area contributed by atoms with E-state index in [1.807, 2.05) is 42.5 Å². The van der Waals surface area contributed by atoms with Crippen molar-refractivity contribution >= 4 is 38.1 Å². The number of anilines is 2. The Hall–Kier alpha value is -3.84. The molecule has 0 radical (unpaired) electrons. The van der Waals surface area contributed by atoms with Crippen LogP contribution in [0.25, 0.3) is 10.8 Å². The highest BCUT2D eigenvalue weighted by molar-refractivity contribution is 7.92. The third-order valence-corrected chi connectivity index (χ3v) is 7.08. The topological polar surface area (TPSA) is 75.7 Å². The molecular formula is C26H22N2O4S. The molecule has 0 bridgehead atoms. The van der Waals surface area contributed by atoms with Crippen LogP contribution in [0.15, 0.2) is 89.8 Å². The molecule has 5 rings (SSSR count). The lowest BCUT2D eigenvalue weighted by molar-refractivity contribution is -0.116. The summed E-state index contributed by atoms with van der Waals surface area (Å²) < 4.78 is 34.3. The van der Waals surface area contributed by atoms with Gasteiger partial charge in [-0.3, -0.25) is 9.52 Å². The SMILES string of the molecule is CC(=O)N1CCc2cc(S(=O)(=O)Nc3ccc(Oc4ccc5ccccc5c4)cc3)ccc21. The predicted octanol–water partition coefficient (Wildman–Crippen LogP) is 5.34. The van der Waals surface area contributed by atoms with Crippen molar-refractivity contribution in [1.82, 2.24) is 0 Å². The minimum absolute atomic E-state index is 0.0477. The van der Waals surface area contributed by atoms with Crippen LogP contribution >= 0.6 is 0 Å². The van der Waals surface area contributed by atoms with Crippen LogP contribution in [0.5, 0.6) is 11.5 Å². The monoisotopic (exact) mass is 458 g/mol. The maximum atomic E-state index is 12.9. The summed E-state index contributed by atoms with van der Waals surface area (Å²) in [5.41, 5.74) is 2.07. The first-order chi connectivity index (χ1) is 15.9. The Morgan fingerprint density at radius 1 is 0.879 bits per heavy atom. The van der Waals surface area contributed by atoms with Crippen molar-refractivity contribution in [1.29, 1.82) is 0 Å². The highest BCUT2D eigenvalue weighted by atomic mass is 32.2. The third kappa shape index (κ3) is 4.27. The molecule has 0 aliphatic carbocycles. The normalized spacial score (nSPS) is 13.1. The number of amides is 1. The molecule has 0 atom stereocenters. The van der Waals surface area contributed by atoms with Gasteiger partial charge in [0.2, 0.25) is 5.91 Å². The van der Waals surface area contributed by atoms with Crippen molar-refractivity contribution in [2.24, 2.45) is 0 Å². The summed E-state index contributed by atoms with van der Waals surface area (Å²) in [6, 6.07) is 25.5. The molecule has 1 aliphatic heterocycles. The van der Waals surface area contributed by atoms with Gasteiger partial charge in [0.15, 0.2) is 0 Å². The van der Waals surface area contributed by atoms with E-state index in [-0.39, 0.29) is 10.8 Å². The minimum Gasteiger partial charge on any atom is -0.457 e. The molecule has 0 saturated carbocycles. The first-order valence-electron chi connectivity index (χ1n) is 10.6. The molecule has 0 saturated heterocycles.